The Labute approximate surface area is 158 Å². The quantitative estimate of drug-likeness (QED) is 0.474. The highest BCUT2D eigenvalue weighted by Gasteiger charge is 2.11. The van der Waals surface area contributed by atoms with E-state index in [2.05, 4.69) is 38.7 Å². The topological polar surface area (TPSA) is 76.7 Å². The van der Waals surface area contributed by atoms with Gasteiger partial charge in [-0.2, -0.15) is 0 Å². The van der Waals surface area contributed by atoms with Crippen LogP contribution in [0.25, 0.3) is 11.5 Å². The molecule has 0 saturated carbocycles. The minimum absolute atomic E-state index is 0.528. The second-order valence-corrected chi connectivity index (χ2v) is 7.67. The lowest BCUT2D eigenvalue weighted by Gasteiger charge is -2.04. The maximum Gasteiger partial charge on any atom is 0.247 e. The van der Waals surface area contributed by atoms with Crippen molar-refractivity contribution < 1.29 is 4.42 Å². The fourth-order valence-corrected chi connectivity index (χ4v) is 3.88. The van der Waals surface area contributed by atoms with Crippen molar-refractivity contribution in [2.75, 3.05) is 5.32 Å². The second kappa shape index (κ2) is 7.67. The second-order valence-electron chi connectivity index (χ2n) is 5.47. The summed E-state index contributed by atoms with van der Waals surface area (Å²) in [4.78, 5) is 0. The summed E-state index contributed by atoms with van der Waals surface area (Å²) >= 11 is 3.02. The molecular weight excluding hydrogens is 366 g/mol. The van der Waals surface area contributed by atoms with Crippen LogP contribution in [-0.4, -0.2) is 20.4 Å². The summed E-state index contributed by atoms with van der Waals surface area (Å²) in [5.74, 6) is 1.65. The van der Waals surface area contributed by atoms with Gasteiger partial charge in [0.15, 0.2) is 4.34 Å². The van der Waals surface area contributed by atoms with E-state index in [1.54, 1.807) is 0 Å². The third-order valence-electron chi connectivity index (χ3n) is 3.60. The number of nitrogens with one attached hydrogen (secondary N) is 1. The first-order valence-corrected chi connectivity index (χ1v) is 9.75. The zero-order valence-electron chi connectivity index (χ0n) is 13.9. The Hall–Kier alpha value is -2.71. The molecule has 0 saturated heterocycles. The zero-order chi connectivity index (χ0) is 17.8. The summed E-state index contributed by atoms with van der Waals surface area (Å²) < 4.78 is 6.56. The highest BCUT2D eigenvalue weighted by Crippen LogP contribution is 2.30. The van der Waals surface area contributed by atoms with Crippen LogP contribution in [0.15, 0.2) is 63.4 Å². The lowest BCUT2D eigenvalue weighted by molar-refractivity contribution is 0.528. The van der Waals surface area contributed by atoms with Crippen LogP contribution in [-0.2, 0) is 5.75 Å². The number of anilines is 2. The van der Waals surface area contributed by atoms with Gasteiger partial charge in [0.25, 0.3) is 0 Å². The van der Waals surface area contributed by atoms with E-state index < -0.39 is 0 Å². The molecule has 26 heavy (non-hydrogen) atoms. The number of nitrogens with zero attached hydrogens (tertiary/aromatic N) is 4. The Kier molecular flexibility index (Phi) is 4.94. The molecule has 0 bridgehead atoms. The standard InChI is InChI=1S/C18H15N5OS2/c1-12-7-5-6-10-14(12)19-17-22-23-18(26-17)25-11-15-20-21-16(24-15)13-8-3-2-4-9-13/h2-10H,11H2,1H3,(H,19,22). The lowest BCUT2D eigenvalue weighted by atomic mass is 10.2. The van der Waals surface area contributed by atoms with Crippen LogP contribution in [0.4, 0.5) is 10.8 Å². The van der Waals surface area contributed by atoms with Gasteiger partial charge < -0.3 is 9.73 Å². The predicted octanol–water partition coefficient (Wildman–Crippen LogP) is 4.93. The van der Waals surface area contributed by atoms with Gasteiger partial charge in [-0.25, -0.2) is 0 Å². The Bertz CT molecular complexity index is 1000. The highest BCUT2D eigenvalue weighted by atomic mass is 32.2. The minimum Gasteiger partial charge on any atom is -0.420 e. The van der Waals surface area contributed by atoms with Crippen molar-refractivity contribution in [3.8, 4) is 11.5 Å². The van der Waals surface area contributed by atoms with E-state index in [4.69, 9.17) is 4.42 Å². The molecule has 4 rings (SSSR count). The fourth-order valence-electron chi connectivity index (χ4n) is 2.28. The van der Waals surface area contributed by atoms with Gasteiger partial charge in [0, 0.05) is 11.3 Å². The maximum atomic E-state index is 5.71. The summed E-state index contributed by atoms with van der Waals surface area (Å²) in [7, 11) is 0. The van der Waals surface area contributed by atoms with Crippen molar-refractivity contribution in [1.29, 1.82) is 0 Å². The van der Waals surface area contributed by atoms with Crippen LogP contribution in [0, 0.1) is 6.92 Å². The largest absolute Gasteiger partial charge is 0.420 e. The molecule has 0 fully saturated rings. The average Bonchev–Trinajstić information content (AvgIpc) is 3.32. The summed E-state index contributed by atoms with van der Waals surface area (Å²) in [5, 5.41) is 20.6. The van der Waals surface area contributed by atoms with E-state index in [0.717, 1.165) is 26.3 Å². The van der Waals surface area contributed by atoms with Crippen molar-refractivity contribution in [1.82, 2.24) is 20.4 Å². The molecule has 1 N–H and O–H groups in total. The minimum atomic E-state index is 0.528. The Morgan fingerprint density at radius 1 is 0.962 bits per heavy atom. The summed E-state index contributed by atoms with van der Waals surface area (Å²) in [6, 6.07) is 17.8. The number of para-hydroxylation sites is 1. The van der Waals surface area contributed by atoms with E-state index >= 15 is 0 Å². The molecule has 0 aliphatic heterocycles. The Balaban J connectivity index is 1.38. The number of hydrogen-bond donors (Lipinski definition) is 1. The third-order valence-corrected chi connectivity index (χ3v) is 5.56. The Morgan fingerprint density at radius 2 is 1.77 bits per heavy atom. The van der Waals surface area contributed by atoms with Crippen molar-refractivity contribution >= 4 is 33.9 Å². The normalized spacial score (nSPS) is 10.8. The molecule has 0 amide bonds. The molecule has 6 nitrogen and oxygen atoms in total. The monoisotopic (exact) mass is 381 g/mol. The average molecular weight is 381 g/mol. The van der Waals surface area contributed by atoms with Crippen molar-refractivity contribution in [2.24, 2.45) is 0 Å². The van der Waals surface area contributed by atoms with Crippen LogP contribution in [0.3, 0.4) is 0 Å². The van der Waals surface area contributed by atoms with Crippen LogP contribution in [0.1, 0.15) is 11.5 Å². The van der Waals surface area contributed by atoms with Crippen LogP contribution >= 0.6 is 23.1 Å². The van der Waals surface area contributed by atoms with Gasteiger partial charge in [-0.15, -0.1) is 20.4 Å². The molecule has 0 unspecified atom stereocenters. The molecule has 2 aromatic carbocycles. The van der Waals surface area contributed by atoms with E-state index in [1.807, 2.05) is 48.5 Å². The van der Waals surface area contributed by atoms with Crippen LogP contribution in [0.5, 0.6) is 0 Å². The highest BCUT2D eigenvalue weighted by molar-refractivity contribution is 8.00. The van der Waals surface area contributed by atoms with Crippen LogP contribution < -0.4 is 5.32 Å². The third kappa shape index (κ3) is 3.92. The molecule has 0 aliphatic carbocycles. The first kappa shape index (κ1) is 16.7. The smallest absolute Gasteiger partial charge is 0.247 e. The SMILES string of the molecule is Cc1ccccc1Nc1nnc(SCc2nnc(-c3ccccc3)o2)s1. The van der Waals surface area contributed by atoms with Crippen molar-refractivity contribution in [3.05, 3.63) is 66.1 Å². The maximum absolute atomic E-state index is 5.71. The Morgan fingerprint density at radius 3 is 2.62 bits per heavy atom. The molecule has 0 aliphatic rings. The van der Waals surface area contributed by atoms with Gasteiger partial charge in [0.2, 0.25) is 16.9 Å². The number of thioether (sulfide) groups is 1. The summed E-state index contributed by atoms with van der Waals surface area (Å²) in [6.07, 6.45) is 0. The molecule has 4 aromatic rings. The van der Waals surface area contributed by atoms with Gasteiger partial charge in [0.05, 0.1) is 5.75 Å². The van der Waals surface area contributed by atoms with Gasteiger partial charge >= 0.3 is 0 Å². The first-order valence-electron chi connectivity index (χ1n) is 7.95. The molecule has 2 heterocycles. The molecule has 8 heteroatoms. The fraction of sp³-hybridized carbons (Fsp3) is 0.111. The van der Waals surface area contributed by atoms with E-state index in [9.17, 15) is 0 Å². The lowest BCUT2D eigenvalue weighted by Crippen LogP contribution is -1.91. The number of aromatic nitrogens is 4. The zero-order valence-corrected chi connectivity index (χ0v) is 15.5. The number of rotatable bonds is 6. The predicted molar refractivity (Wildman–Crippen MR) is 104 cm³/mol. The number of aryl methyl sites for hydroxylation is 1. The molecule has 2 aromatic heterocycles. The summed E-state index contributed by atoms with van der Waals surface area (Å²) in [6.45, 7) is 2.05. The molecule has 130 valence electrons. The van der Waals surface area contributed by atoms with Gasteiger partial charge in [-0.1, -0.05) is 59.5 Å². The van der Waals surface area contributed by atoms with Gasteiger partial charge in [0.1, 0.15) is 0 Å². The van der Waals surface area contributed by atoms with E-state index in [-0.39, 0.29) is 0 Å². The van der Waals surface area contributed by atoms with Gasteiger partial charge in [-0.05, 0) is 30.7 Å². The van der Waals surface area contributed by atoms with E-state index in [0.29, 0.717) is 17.5 Å². The van der Waals surface area contributed by atoms with Crippen molar-refractivity contribution in [2.45, 2.75) is 17.0 Å². The molecule has 0 spiro atoms. The van der Waals surface area contributed by atoms with Crippen LogP contribution in [0.2, 0.25) is 0 Å². The molecular formula is C18H15N5OS2. The molecule has 0 atom stereocenters. The first-order chi connectivity index (χ1) is 12.8. The number of benzene rings is 2. The van der Waals surface area contributed by atoms with Crippen molar-refractivity contribution in [3.63, 3.8) is 0 Å². The number of hydrogen-bond acceptors (Lipinski definition) is 8. The molecule has 0 radical (unpaired) electrons. The summed E-state index contributed by atoms with van der Waals surface area (Å²) in [5.41, 5.74) is 3.11. The van der Waals surface area contributed by atoms with E-state index in [1.165, 1.54) is 23.1 Å². The van der Waals surface area contributed by atoms with Gasteiger partial charge in [-0.3, -0.25) is 0 Å².